The zero-order chi connectivity index (χ0) is 18.0. The van der Waals surface area contributed by atoms with Crippen LogP contribution >= 0.6 is 0 Å². The van der Waals surface area contributed by atoms with Gasteiger partial charge in [0.2, 0.25) is 0 Å². The molecule has 2 rings (SSSR count). The van der Waals surface area contributed by atoms with Gasteiger partial charge < -0.3 is 9.47 Å². The number of carbonyl (C=O) groups is 1. The average molecular weight is 342 g/mol. The standard InChI is InChI=1S/C17H14F4O3/c1-16(18,19)17(20,21)12-5-9-14(10-6-12)24-13-7-3-11(4-8-13)15(22)23-2/h3-10H,1-2H3. The minimum atomic E-state index is -4.27. The lowest BCUT2D eigenvalue weighted by atomic mass is 10.0. The van der Waals surface area contributed by atoms with Crippen LogP contribution in [0.1, 0.15) is 22.8 Å². The third-order valence-corrected chi connectivity index (χ3v) is 3.28. The first-order valence-corrected chi connectivity index (χ1v) is 6.87. The first kappa shape index (κ1) is 17.8. The molecule has 0 heterocycles. The van der Waals surface area contributed by atoms with Crippen LogP contribution in [0.5, 0.6) is 11.5 Å². The van der Waals surface area contributed by atoms with E-state index in [1.54, 1.807) is 0 Å². The van der Waals surface area contributed by atoms with E-state index in [0.717, 1.165) is 12.1 Å². The number of hydrogen-bond donors (Lipinski definition) is 0. The highest BCUT2D eigenvalue weighted by Crippen LogP contribution is 2.42. The van der Waals surface area contributed by atoms with Gasteiger partial charge in [-0.25, -0.2) is 4.79 Å². The van der Waals surface area contributed by atoms with Gasteiger partial charge in [-0.2, -0.15) is 17.6 Å². The molecule has 0 atom stereocenters. The van der Waals surface area contributed by atoms with Crippen molar-refractivity contribution in [3.8, 4) is 11.5 Å². The molecular formula is C17H14F4O3. The van der Waals surface area contributed by atoms with E-state index in [1.165, 1.54) is 43.5 Å². The van der Waals surface area contributed by atoms with E-state index < -0.39 is 23.4 Å². The third kappa shape index (κ3) is 3.67. The number of alkyl halides is 4. The molecule has 0 saturated heterocycles. The molecule has 24 heavy (non-hydrogen) atoms. The van der Waals surface area contributed by atoms with Crippen LogP contribution in [-0.4, -0.2) is 19.0 Å². The predicted molar refractivity (Wildman–Crippen MR) is 78.8 cm³/mol. The number of halogens is 4. The predicted octanol–water partition coefficient (Wildman–Crippen LogP) is 5.01. The fourth-order valence-corrected chi connectivity index (χ4v) is 1.90. The third-order valence-electron chi connectivity index (χ3n) is 3.28. The van der Waals surface area contributed by atoms with Crippen LogP contribution in [0.25, 0.3) is 0 Å². The van der Waals surface area contributed by atoms with Gasteiger partial charge in [0.15, 0.2) is 0 Å². The van der Waals surface area contributed by atoms with Gasteiger partial charge in [-0.15, -0.1) is 0 Å². The fourth-order valence-electron chi connectivity index (χ4n) is 1.90. The number of carbonyl (C=O) groups excluding carboxylic acids is 1. The molecule has 0 unspecified atom stereocenters. The van der Waals surface area contributed by atoms with E-state index in [0.29, 0.717) is 11.3 Å². The topological polar surface area (TPSA) is 35.5 Å². The van der Waals surface area contributed by atoms with Gasteiger partial charge in [0.05, 0.1) is 12.7 Å². The Morgan fingerprint density at radius 2 is 1.33 bits per heavy atom. The summed E-state index contributed by atoms with van der Waals surface area (Å²) in [5, 5.41) is 0. The molecule has 0 saturated carbocycles. The minimum Gasteiger partial charge on any atom is -0.465 e. The van der Waals surface area contributed by atoms with Crippen molar-refractivity contribution in [2.45, 2.75) is 18.8 Å². The summed E-state index contributed by atoms with van der Waals surface area (Å²) in [6.45, 7) is 0.167. The quantitative estimate of drug-likeness (QED) is 0.566. The van der Waals surface area contributed by atoms with Crippen molar-refractivity contribution in [1.82, 2.24) is 0 Å². The Bertz CT molecular complexity index is 704. The first-order valence-electron chi connectivity index (χ1n) is 6.87. The van der Waals surface area contributed by atoms with Gasteiger partial charge in [0.1, 0.15) is 11.5 Å². The second-order valence-corrected chi connectivity index (χ2v) is 5.11. The molecule has 128 valence electrons. The molecule has 0 bridgehead atoms. The normalized spacial score (nSPS) is 11.9. The van der Waals surface area contributed by atoms with Crippen molar-refractivity contribution in [2.24, 2.45) is 0 Å². The molecule has 0 fully saturated rings. The maximum Gasteiger partial charge on any atom is 0.337 e. The van der Waals surface area contributed by atoms with E-state index in [-0.39, 0.29) is 12.7 Å². The SMILES string of the molecule is COC(=O)c1ccc(Oc2ccc(C(F)(F)C(C)(F)F)cc2)cc1. The van der Waals surface area contributed by atoms with Crippen molar-refractivity contribution in [2.75, 3.05) is 7.11 Å². The molecule has 0 aliphatic heterocycles. The van der Waals surface area contributed by atoms with E-state index in [4.69, 9.17) is 4.74 Å². The lowest BCUT2D eigenvalue weighted by Gasteiger charge is -2.23. The molecule has 2 aromatic rings. The number of esters is 1. The van der Waals surface area contributed by atoms with Gasteiger partial charge in [0, 0.05) is 12.5 Å². The van der Waals surface area contributed by atoms with Crippen LogP contribution < -0.4 is 4.74 Å². The Hall–Kier alpha value is -2.57. The number of rotatable bonds is 5. The van der Waals surface area contributed by atoms with Crippen LogP contribution in [0.2, 0.25) is 0 Å². The van der Waals surface area contributed by atoms with Gasteiger partial charge in [0.25, 0.3) is 0 Å². The molecule has 2 aromatic carbocycles. The van der Waals surface area contributed by atoms with Crippen molar-refractivity contribution >= 4 is 5.97 Å². The maximum atomic E-state index is 13.5. The zero-order valence-corrected chi connectivity index (χ0v) is 12.9. The Morgan fingerprint density at radius 3 is 1.75 bits per heavy atom. The summed E-state index contributed by atoms with van der Waals surface area (Å²) in [7, 11) is 1.25. The Labute approximate surface area is 135 Å². The van der Waals surface area contributed by atoms with Crippen molar-refractivity contribution < 1.29 is 31.8 Å². The molecule has 0 aliphatic rings. The summed E-state index contributed by atoms with van der Waals surface area (Å²) in [5.74, 6) is -8.40. The zero-order valence-electron chi connectivity index (χ0n) is 12.9. The summed E-state index contributed by atoms with van der Waals surface area (Å²) >= 11 is 0. The number of benzene rings is 2. The van der Waals surface area contributed by atoms with E-state index in [1.807, 2.05) is 0 Å². The summed E-state index contributed by atoms with van der Waals surface area (Å²) in [5.41, 5.74) is -0.478. The van der Waals surface area contributed by atoms with Crippen molar-refractivity contribution in [1.29, 1.82) is 0 Å². The Morgan fingerprint density at radius 1 is 0.875 bits per heavy atom. The van der Waals surface area contributed by atoms with Crippen LogP contribution in [0, 0.1) is 0 Å². The van der Waals surface area contributed by atoms with Gasteiger partial charge in [-0.1, -0.05) is 0 Å². The van der Waals surface area contributed by atoms with Crippen LogP contribution in [-0.2, 0) is 10.7 Å². The summed E-state index contributed by atoms with van der Waals surface area (Å²) in [4.78, 5) is 11.3. The van der Waals surface area contributed by atoms with Gasteiger partial charge in [-0.3, -0.25) is 0 Å². The highest BCUT2D eigenvalue weighted by molar-refractivity contribution is 5.89. The van der Waals surface area contributed by atoms with Crippen molar-refractivity contribution in [3.05, 3.63) is 59.7 Å². The first-order chi connectivity index (χ1) is 11.1. The summed E-state index contributed by atoms with van der Waals surface area (Å²) in [6.07, 6.45) is 0. The number of methoxy groups -OCH3 is 1. The minimum absolute atomic E-state index is 0.167. The molecular weight excluding hydrogens is 328 g/mol. The van der Waals surface area contributed by atoms with Crippen LogP contribution in [0.15, 0.2) is 48.5 Å². The maximum absolute atomic E-state index is 13.5. The van der Waals surface area contributed by atoms with Crippen LogP contribution in [0.3, 0.4) is 0 Å². The van der Waals surface area contributed by atoms with E-state index in [2.05, 4.69) is 4.74 Å². The lowest BCUT2D eigenvalue weighted by Crippen LogP contribution is -2.34. The van der Waals surface area contributed by atoms with Gasteiger partial charge in [-0.05, 0) is 48.5 Å². The molecule has 0 spiro atoms. The fraction of sp³-hybridized carbons (Fsp3) is 0.235. The molecule has 0 aromatic heterocycles. The lowest BCUT2D eigenvalue weighted by molar-refractivity contribution is -0.204. The monoisotopic (exact) mass is 342 g/mol. The molecule has 0 radical (unpaired) electrons. The average Bonchev–Trinajstić information content (AvgIpc) is 2.54. The van der Waals surface area contributed by atoms with Gasteiger partial charge >= 0.3 is 17.8 Å². The van der Waals surface area contributed by atoms with E-state index >= 15 is 0 Å². The Balaban J connectivity index is 2.13. The molecule has 0 N–H and O–H groups in total. The highest BCUT2D eigenvalue weighted by atomic mass is 19.3. The molecule has 7 heteroatoms. The Kier molecular flexibility index (Phi) is 4.82. The largest absolute Gasteiger partial charge is 0.465 e. The molecule has 0 aliphatic carbocycles. The number of hydrogen-bond acceptors (Lipinski definition) is 3. The second-order valence-electron chi connectivity index (χ2n) is 5.11. The van der Waals surface area contributed by atoms with E-state index in [9.17, 15) is 22.4 Å². The van der Waals surface area contributed by atoms with Crippen molar-refractivity contribution in [3.63, 3.8) is 0 Å². The summed E-state index contributed by atoms with van der Waals surface area (Å²) in [6, 6.07) is 10.0. The number of ether oxygens (including phenoxy) is 2. The molecule has 0 amide bonds. The second kappa shape index (κ2) is 6.51. The summed E-state index contributed by atoms with van der Waals surface area (Å²) < 4.78 is 62.9. The highest BCUT2D eigenvalue weighted by Gasteiger charge is 2.53. The smallest absolute Gasteiger partial charge is 0.337 e. The van der Waals surface area contributed by atoms with Crippen LogP contribution in [0.4, 0.5) is 17.6 Å². The molecule has 3 nitrogen and oxygen atoms in total.